The van der Waals surface area contributed by atoms with Crippen LogP contribution in [-0.2, 0) is 31.9 Å². The number of furan rings is 1. The summed E-state index contributed by atoms with van der Waals surface area (Å²) in [7, 11) is 0. The van der Waals surface area contributed by atoms with Crippen molar-refractivity contribution >= 4 is 43.5 Å². The van der Waals surface area contributed by atoms with Crippen LogP contribution < -0.4 is 0 Å². The standard InChI is InChI=1S/C33H31N2OS.C17H20N.Ir/c1-18(2)24-16-26(34-17-25(24)28-19(3)10-8-11-20(28)4)23-13-9-12-21-22-14-15-27-29(31(22)36-30(21)23)35-32(37-27)33(5,6)7;1-13-5-8-15(9-6-13)16-10-7-14(12-18-16)11-17(2,3)4;/h8-12,14-18H,1-7H3;5-8,10,12H,11H2,1-4H3;/q2*-1;/i;1D3,11D2;. The van der Waals surface area contributed by atoms with Gasteiger partial charge >= 0.3 is 0 Å². The number of pyridine rings is 2. The van der Waals surface area contributed by atoms with E-state index < -0.39 is 18.6 Å². The zero-order chi connectivity index (χ0) is 43.5. The van der Waals surface area contributed by atoms with E-state index in [9.17, 15) is 0 Å². The molecule has 0 aliphatic rings. The fourth-order valence-electron chi connectivity index (χ4n) is 6.88. The SMILES string of the molecule is Cc1cccc(C)c1-c1cnc(-c2[c-]ccc3c2oc2c3ccc3sc(C(C)(C)C)nc32)cc1C(C)C.[2H]C([2H])([2H])c1c[c-]c(-c2ccc(C([2H])([2H])C(C)(C)C)cn2)cc1.[Ir]. The normalized spacial score (nSPS) is 13.7. The molecule has 0 amide bonds. The van der Waals surface area contributed by atoms with Crippen LogP contribution in [0.25, 0.3) is 65.8 Å². The van der Waals surface area contributed by atoms with Gasteiger partial charge in [0.1, 0.15) is 11.1 Å². The summed E-state index contributed by atoms with van der Waals surface area (Å²) in [6, 6.07) is 31.6. The molecule has 0 bridgehead atoms. The van der Waals surface area contributed by atoms with Gasteiger partial charge in [0.25, 0.3) is 0 Å². The van der Waals surface area contributed by atoms with E-state index in [1.165, 1.54) is 40.1 Å². The van der Waals surface area contributed by atoms with Gasteiger partial charge in [-0.3, -0.25) is 0 Å². The number of hydrogen-bond acceptors (Lipinski definition) is 5. The van der Waals surface area contributed by atoms with E-state index in [4.69, 9.17) is 21.2 Å². The minimum atomic E-state index is -2.14. The first kappa shape index (κ1) is 34.7. The average Bonchev–Trinajstić information content (AvgIpc) is 3.80. The maximum absolute atomic E-state index is 8.25. The van der Waals surface area contributed by atoms with E-state index in [0.29, 0.717) is 22.7 Å². The van der Waals surface area contributed by atoms with Crippen LogP contribution >= 0.6 is 11.3 Å². The molecule has 1 radical (unpaired) electrons. The van der Waals surface area contributed by atoms with E-state index in [1.807, 2.05) is 33.0 Å². The number of nitrogens with zero attached hydrogens (tertiary/aromatic N) is 3. The van der Waals surface area contributed by atoms with Crippen molar-refractivity contribution in [2.45, 2.75) is 93.8 Å². The Morgan fingerprint density at radius 1 is 0.839 bits per heavy atom. The summed E-state index contributed by atoms with van der Waals surface area (Å²) >= 11 is 1.75. The molecule has 8 rings (SSSR count). The third kappa shape index (κ3) is 8.59. The van der Waals surface area contributed by atoms with Gasteiger partial charge in [0.05, 0.1) is 15.3 Å². The summed E-state index contributed by atoms with van der Waals surface area (Å²) in [5.41, 5.74) is 12.2. The fraction of sp³-hybridized carbons (Fsp3) is 0.300. The molecule has 4 aromatic heterocycles. The molecule has 0 saturated heterocycles. The topological polar surface area (TPSA) is 51.8 Å². The molecule has 4 aromatic carbocycles. The summed E-state index contributed by atoms with van der Waals surface area (Å²) in [6.45, 7) is 18.8. The van der Waals surface area contributed by atoms with Gasteiger partial charge in [0.2, 0.25) is 0 Å². The predicted molar refractivity (Wildman–Crippen MR) is 233 cm³/mol. The van der Waals surface area contributed by atoms with E-state index in [2.05, 4.69) is 108 Å². The van der Waals surface area contributed by atoms with Crippen molar-refractivity contribution in [3.8, 4) is 33.6 Å². The van der Waals surface area contributed by atoms with Crippen LogP contribution in [0, 0.1) is 38.2 Å². The third-order valence-electron chi connectivity index (χ3n) is 9.54. The summed E-state index contributed by atoms with van der Waals surface area (Å²) in [6.07, 6.45) is 2.07. The molecule has 0 spiro atoms. The smallest absolute Gasteiger partial charge is 0.148 e. The van der Waals surface area contributed by atoms with E-state index in [1.54, 1.807) is 35.6 Å². The third-order valence-corrected chi connectivity index (χ3v) is 11.0. The quantitative estimate of drug-likeness (QED) is 0.161. The first-order valence-electron chi connectivity index (χ1n) is 21.3. The van der Waals surface area contributed by atoms with Crippen molar-refractivity contribution in [2.24, 2.45) is 5.41 Å². The number of aryl methyl sites for hydroxylation is 3. The molecular formula is C50H51IrN3OS-2. The molecule has 6 heteroatoms. The van der Waals surface area contributed by atoms with E-state index in [-0.39, 0.29) is 31.1 Å². The van der Waals surface area contributed by atoms with Gasteiger partial charge in [-0.25, -0.2) is 4.98 Å². The van der Waals surface area contributed by atoms with Crippen molar-refractivity contribution in [1.82, 2.24) is 15.0 Å². The number of hydrogen-bond donors (Lipinski definition) is 0. The second-order valence-electron chi connectivity index (χ2n) is 16.6. The average molecular weight is 939 g/mol. The molecule has 0 fully saturated rings. The second kappa shape index (κ2) is 16.2. The van der Waals surface area contributed by atoms with Crippen molar-refractivity contribution in [1.29, 1.82) is 0 Å². The van der Waals surface area contributed by atoms with Gasteiger partial charge in [-0.1, -0.05) is 116 Å². The maximum Gasteiger partial charge on any atom is 0.148 e. The Morgan fingerprint density at radius 3 is 2.20 bits per heavy atom. The molecule has 0 atom stereocenters. The molecule has 56 heavy (non-hydrogen) atoms. The minimum Gasteiger partial charge on any atom is -0.498 e. The molecule has 8 aromatic rings. The number of rotatable bonds is 5. The molecule has 0 N–H and O–H groups in total. The zero-order valence-electron chi connectivity index (χ0n) is 38.7. The van der Waals surface area contributed by atoms with Gasteiger partial charge < -0.3 is 14.4 Å². The Hall–Kier alpha value is -4.48. The van der Waals surface area contributed by atoms with Gasteiger partial charge in [0.15, 0.2) is 0 Å². The Bertz CT molecular complexity index is 2830. The van der Waals surface area contributed by atoms with Crippen LogP contribution in [0.1, 0.15) is 101 Å². The van der Waals surface area contributed by atoms with Crippen LogP contribution in [-0.4, -0.2) is 15.0 Å². The first-order chi connectivity index (χ1) is 28.1. The van der Waals surface area contributed by atoms with Crippen LogP contribution in [0.15, 0.2) is 95.7 Å². The monoisotopic (exact) mass is 939 g/mol. The molecule has 0 aliphatic heterocycles. The van der Waals surface area contributed by atoms with Crippen molar-refractivity contribution < 1.29 is 31.4 Å². The Kier molecular flexibility index (Phi) is 10.0. The van der Waals surface area contributed by atoms with E-state index in [0.717, 1.165) is 48.4 Å². The van der Waals surface area contributed by atoms with Gasteiger partial charge in [0, 0.05) is 55.7 Å². The number of fused-ring (bicyclic) bond motifs is 5. The summed E-state index contributed by atoms with van der Waals surface area (Å²) in [4.78, 5) is 14.3. The molecule has 4 nitrogen and oxygen atoms in total. The minimum absolute atomic E-state index is 0. The summed E-state index contributed by atoms with van der Waals surface area (Å²) in [5.74, 6) is 0.344. The summed E-state index contributed by atoms with van der Waals surface area (Å²) in [5, 5.41) is 3.27. The van der Waals surface area contributed by atoms with Crippen molar-refractivity contribution in [3.63, 3.8) is 0 Å². The number of aromatic nitrogens is 3. The van der Waals surface area contributed by atoms with Crippen LogP contribution in [0.4, 0.5) is 0 Å². The largest absolute Gasteiger partial charge is 0.498 e. The number of thiazole rings is 1. The van der Waals surface area contributed by atoms with Crippen molar-refractivity contribution in [2.75, 3.05) is 0 Å². The molecule has 0 saturated carbocycles. The van der Waals surface area contributed by atoms with Gasteiger partial charge in [-0.15, -0.1) is 64.9 Å². The molecule has 289 valence electrons. The summed E-state index contributed by atoms with van der Waals surface area (Å²) < 4.78 is 46.3. The predicted octanol–water partition coefficient (Wildman–Crippen LogP) is 14.2. The molecular weight excluding hydrogens is 883 g/mol. The van der Waals surface area contributed by atoms with E-state index >= 15 is 0 Å². The fourth-order valence-corrected chi connectivity index (χ4v) is 7.90. The Balaban J connectivity index is 0.000000225. The van der Waals surface area contributed by atoms with Gasteiger partial charge in [-0.2, -0.15) is 0 Å². The first-order valence-corrected chi connectivity index (χ1v) is 19.6. The Morgan fingerprint density at radius 2 is 1.57 bits per heavy atom. The molecule has 0 unspecified atom stereocenters. The van der Waals surface area contributed by atoms with Crippen LogP contribution in [0.2, 0.25) is 0 Å². The molecule has 0 aliphatic carbocycles. The van der Waals surface area contributed by atoms with Crippen LogP contribution in [0.5, 0.6) is 0 Å². The zero-order valence-corrected chi connectivity index (χ0v) is 36.9. The van der Waals surface area contributed by atoms with Gasteiger partial charge in [-0.05, 0) is 76.8 Å². The maximum atomic E-state index is 8.25. The Labute approximate surface area is 357 Å². The molecule has 4 heterocycles. The van der Waals surface area contributed by atoms with Crippen LogP contribution in [0.3, 0.4) is 0 Å². The van der Waals surface area contributed by atoms with Crippen molar-refractivity contribution in [3.05, 3.63) is 136 Å². The second-order valence-corrected chi connectivity index (χ2v) is 17.7. The number of benzene rings is 4.